The van der Waals surface area contributed by atoms with Gasteiger partial charge in [-0.25, -0.2) is 56.9 Å². The maximum atomic E-state index is 14.8. The lowest BCUT2D eigenvalue weighted by Crippen LogP contribution is -2.37. The number of carbonyl (C=O) groups excluding carboxylic acids is 9. The molecule has 8 N–H and O–H groups in total. The summed E-state index contributed by atoms with van der Waals surface area (Å²) in [6, 6.07) is 51.0. The van der Waals surface area contributed by atoms with Crippen molar-refractivity contribution in [2.45, 2.75) is 113 Å². The van der Waals surface area contributed by atoms with Gasteiger partial charge in [-0.2, -0.15) is 41.3 Å². The van der Waals surface area contributed by atoms with Gasteiger partial charge >= 0.3 is 12.2 Å². The van der Waals surface area contributed by atoms with Crippen molar-refractivity contribution in [1.82, 2.24) is 79.4 Å². The lowest BCUT2D eigenvalue weighted by Gasteiger charge is -2.23. The Balaban J connectivity index is 0.000000156. The molecule has 0 spiro atoms. The van der Waals surface area contributed by atoms with E-state index in [1.54, 1.807) is 82.9 Å². The monoisotopic (exact) mass is 1750 g/mol. The highest BCUT2D eigenvalue weighted by Gasteiger charge is 2.41. The highest BCUT2D eigenvalue weighted by molar-refractivity contribution is 6.35. The molecule has 11 heterocycles. The van der Waals surface area contributed by atoms with Crippen LogP contribution in [-0.4, -0.2) is 139 Å². The third kappa shape index (κ3) is 23.5. The van der Waals surface area contributed by atoms with Crippen molar-refractivity contribution in [2.75, 3.05) is 27.0 Å². The number of hydrogen-bond donors (Lipinski definition) is 7. The Hall–Kier alpha value is -16.8. The van der Waals surface area contributed by atoms with E-state index in [0.29, 0.717) is 46.8 Å². The van der Waals surface area contributed by atoms with E-state index in [1.165, 1.54) is 133 Å². The number of carbonyl (C=O) groups is 9. The third-order valence-electron chi connectivity index (χ3n) is 17.8. The van der Waals surface area contributed by atoms with Crippen molar-refractivity contribution in [2.24, 2.45) is 0 Å². The van der Waals surface area contributed by atoms with E-state index in [9.17, 15) is 72.1 Å². The maximum Gasteiger partial charge on any atom is 0.417 e. The second kappa shape index (κ2) is 40.5. The minimum Gasteiger partial charge on any atom is -0.443 e. The highest BCUT2D eigenvalue weighted by atomic mass is 35.5. The van der Waals surface area contributed by atoms with Gasteiger partial charge in [-0.1, -0.05) is 90.5 Å². The molecule has 9 amide bonds. The molecule has 16 rings (SSSR count). The zero-order valence-corrected chi connectivity index (χ0v) is 70.9. The Bertz CT molecular complexity index is 6540. The minimum atomic E-state index is -0.851. The number of nitrogens with one attached hydrogen (secondary N) is 6. The Morgan fingerprint density at radius 3 is 1.29 bits per heavy atom. The van der Waals surface area contributed by atoms with E-state index in [0.717, 1.165) is 16.3 Å². The van der Waals surface area contributed by atoms with Gasteiger partial charge < -0.3 is 41.8 Å². The molecule has 0 atom stereocenters. The fraction of sp³-hybridized carbons (Fsp3) is 0.191. The van der Waals surface area contributed by atoms with Crippen molar-refractivity contribution in [1.29, 1.82) is 15.8 Å². The molecule has 3 aliphatic heterocycles. The molecule has 3 aliphatic rings. The van der Waals surface area contributed by atoms with Gasteiger partial charge in [-0.05, 0) is 113 Å². The van der Waals surface area contributed by atoms with Gasteiger partial charge in [0.05, 0.1) is 158 Å². The summed E-state index contributed by atoms with van der Waals surface area (Å²) < 4.78 is 60.5. The second-order valence-electron chi connectivity index (χ2n) is 30.1. The van der Waals surface area contributed by atoms with Crippen LogP contribution < -0.4 is 32.3 Å². The van der Waals surface area contributed by atoms with E-state index in [4.69, 9.17) is 26.8 Å². The van der Waals surface area contributed by atoms with Gasteiger partial charge in [0.1, 0.15) is 40.3 Å². The summed E-state index contributed by atoms with van der Waals surface area (Å²) in [6.45, 7) is 17.0. The van der Waals surface area contributed by atoms with Gasteiger partial charge in [0.2, 0.25) is 23.6 Å². The predicted octanol–water partition coefficient (Wildman–Crippen LogP) is 14.0. The van der Waals surface area contributed by atoms with Crippen LogP contribution in [0.4, 0.5) is 51.8 Å². The summed E-state index contributed by atoms with van der Waals surface area (Å²) in [7, 11) is 0. The number of H-pyrrole nitrogens is 1. The number of nitrogen functional groups attached to an aromatic ring is 1. The minimum absolute atomic E-state index is 0.00660. The van der Waals surface area contributed by atoms with Crippen LogP contribution in [0.3, 0.4) is 0 Å². The zero-order valence-electron chi connectivity index (χ0n) is 70.2. The summed E-state index contributed by atoms with van der Waals surface area (Å²) in [6.07, 6.45) is 6.71. The Morgan fingerprint density at radius 1 is 0.477 bits per heavy atom. The number of nitrogens with zero attached hydrogens (tertiary/aromatic N) is 17. The van der Waals surface area contributed by atoms with Crippen LogP contribution in [0.1, 0.15) is 145 Å². The van der Waals surface area contributed by atoms with Crippen LogP contribution in [0.15, 0.2) is 195 Å². The summed E-state index contributed by atoms with van der Waals surface area (Å²) >= 11 is 6.23. The number of pyridine rings is 3. The number of benzene rings is 5. The fourth-order valence-electron chi connectivity index (χ4n) is 12.7. The first-order valence-electron chi connectivity index (χ1n) is 38.8. The Morgan fingerprint density at radius 2 is 0.875 bits per heavy atom. The van der Waals surface area contributed by atoms with Gasteiger partial charge in [-0.3, -0.25) is 48.0 Å². The molecule has 0 bridgehead atoms. The van der Waals surface area contributed by atoms with E-state index in [2.05, 4.69) is 84.3 Å². The smallest absolute Gasteiger partial charge is 0.417 e. The molecule has 0 aliphatic carbocycles. The number of halogens is 4. The van der Waals surface area contributed by atoms with E-state index in [1.807, 2.05) is 83.8 Å². The normalized spacial score (nSPS) is 11.9. The predicted molar refractivity (Wildman–Crippen MR) is 461 cm³/mol. The first kappa shape index (κ1) is 91.9. The van der Waals surface area contributed by atoms with Crippen LogP contribution in [0, 0.1) is 51.4 Å². The molecule has 0 fully saturated rings. The molecule has 128 heavy (non-hydrogen) atoms. The first-order valence-corrected chi connectivity index (χ1v) is 39.2. The number of aromatic nitrogens is 13. The number of nitrogens with two attached hydrogens (primary N) is 1. The third-order valence-corrected chi connectivity index (χ3v) is 18.1. The van der Waals surface area contributed by atoms with Crippen LogP contribution >= 0.6 is 11.6 Å². The molecule has 13 aromatic rings. The number of rotatable bonds is 13. The van der Waals surface area contributed by atoms with Crippen LogP contribution in [-0.2, 0) is 61.4 Å². The van der Waals surface area contributed by atoms with Crippen LogP contribution in [0.25, 0.3) is 45.1 Å². The fourth-order valence-corrected chi connectivity index (χ4v) is 13.0. The molecule has 35 nitrogen and oxygen atoms in total. The second-order valence-corrected chi connectivity index (χ2v) is 30.5. The largest absolute Gasteiger partial charge is 0.443 e. The van der Waals surface area contributed by atoms with Crippen molar-refractivity contribution in [3.05, 3.63) is 279 Å². The first-order chi connectivity index (χ1) is 60.9. The van der Waals surface area contributed by atoms with Crippen LogP contribution in [0.2, 0.25) is 5.02 Å². The van der Waals surface area contributed by atoms with Gasteiger partial charge in [0.25, 0.3) is 17.7 Å². The van der Waals surface area contributed by atoms with Crippen LogP contribution in [0.5, 0.6) is 0 Å². The van der Waals surface area contributed by atoms with Gasteiger partial charge in [0.15, 0.2) is 17.5 Å². The quantitative estimate of drug-likeness (QED) is 0.0563. The molecule has 8 aromatic heterocycles. The lowest BCUT2D eigenvalue weighted by molar-refractivity contribution is -0.115. The summed E-state index contributed by atoms with van der Waals surface area (Å²) in [5, 5.41) is 64.1. The molecular formula is C89H80ClF3N24O11. The number of amides is 9. The molecule has 0 saturated carbocycles. The topological polar surface area (TPSA) is 475 Å². The van der Waals surface area contributed by atoms with E-state index >= 15 is 0 Å². The standard InChI is InChI=1S/C24H21FN6O4.C19H15ClFN3O3.C19H13FN6O2.C12H13N3O.C10H11N3.C5H7N3O/c1-13(32)27-19-8-9-31(29-19)18-10-16(20-14(11-26)6-5-7-15(20)25)28-17-12-30(22(33)21(17)18)23(34)35-24(2,3)4;1-19(2,3)27-18(26)24-9-14-16(17(24)25)11(20)7-13(23-14)15-10(8-22)5-4-6-12(15)21;1-10(27)23-16-5-6-26(25-16)15-7-13(24-14-9-22-19(28)18(14)15)17-11(8-21)3-2-4-12(17)20;1-10(16)13-12-7-8-15(14-12)9-11-5-3-2-4-6-11;11-10-6-7-13(12-10)8-9-4-2-1-3-5-9;1-4(9)7-5-2-3-6-8-5/h5-10H,12H2,1-4H3,(H,27,29,32);4-7H,9H2,1-3H3;2-7H,9H2,1H3,(H,22,28)(H,23,25,27);2-8H,9H2,1H3,(H,13,14,16);1-7H,8H2,(H2,11,12);2-3H,1H3,(H2,6,7,8,9). The molecule has 650 valence electrons. The van der Waals surface area contributed by atoms with Gasteiger partial charge in [-0.15, -0.1) is 0 Å². The van der Waals surface area contributed by atoms with Crippen molar-refractivity contribution < 1.29 is 65.8 Å². The van der Waals surface area contributed by atoms with Crippen molar-refractivity contribution in [3.63, 3.8) is 0 Å². The molecular weight excluding hydrogens is 1670 g/mol. The Kier molecular flexibility index (Phi) is 29.0. The Labute approximate surface area is 733 Å². The van der Waals surface area contributed by atoms with E-state index in [-0.39, 0.29) is 139 Å². The maximum absolute atomic E-state index is 14.8. The number of hydrogen-bond acceptors (Lipinski definition) is 23. The molecule has 0 radical (unpaired) electrons. The van der Waals surface area contributed by atoms with Crippen molar-refractivity contribution in [3.8, 4) is 63.4 Å². The summed E-state index contributed by atoms with van der Waals surface area (Å²) in [4.78, 5) is 122. The summed E-state index contributed by atoms with van der Waals surface area (Å²) in [5.41, 5.74) is 8.89. The SMILES string of the molecule is CC(=O)Nc1ccn(-c2cc(-c3c(F)cccc3C#N)nc3c2C(=O)N(C(=O)OC(C)(C)C)C3)n1.CC(=O)Nc1ccn(-c2cc(-c3c(F)cccc3C#N)nc3c2C(=O)NC3)n1.CC(=O)Nc1ccn(Cc2ccccc2)n1.CC(=O)Nc1ccn[nH]1.CC(C)(C)OC(=O)N1Cc2nc(-c3c(F)cccc3C#N)cc(Cl)c2C1=O.Nc1ccn(Cc2ccccc2)n1. The average molecular weight is 1750 g/mol. The summed E-state index contributed by atoms with van der Waals surface area (Å²) in [5.74, 6) is -2.02. The number of fused-ring (bicyclic) bond motifs is 3. The number of aromatic amines is 1. The lowest BCUT2D eigenvalue weighted by atomic mass is 10.0. The number of ether oxygens (including phenoxy) is 2. The molecule has 39 heteroatoms. The number of nitriles is 3. The van der Waals surface area contributed by atoms with Gasteiger partial charge in [0, 0.05) is 76.7 Å². The average Bonchev–Trinajstić information content (AvgIpc) is 1.49. The van der Waals surface area contributed by atoms with E-state index < -0.39 is 52.7 Å². The number of anilines is 5. The van der Waals surface area contributed by atoms with Crippen molar-refractivity contribution >= 4 is 94.2 Å². The molecule has 0 saturated heterocycles. The molecule has 5 aromatic carbocycles. The molecule has 0 unspecified atom stereocenters. The highest BCUT2D eigenvalue weighted by Crippen LogP contribution is 2.38. The number of imide groups is 2. The zero-order chi connectivity index (χ0) is 92.4.